The Hall–Kier alpha value is -2.23. The molecule has 1 saturated heterocycles. The molecule has 0 bridgehead atoms. The summed E-state index contributed by atoms with van der Waals surface area (Å²) in [5, 5.41) is 2.88. The molecule has 1 amide bonds. The van der Waals surface area contributed by atoms with Crippen molar-refractivity contribution in [2.45, 2.75) is 32.1 Å². The van der Waals surface area contributed by atoms with Crippen molar-refractivity contribution in [2.75, 3.05) is 24.5 Å². The highest BCUT2D eigenvalue weighted by molar-refractivity contribution is 5.91. The molecule has 3 rings (SSSR count). The molecule has 0 radical (unpaired) electrons. The molecule has 1 aromatic carbocycles. The van der Waals surface area contributed by atoms with Crippen LogP contribution in [0.2, 0.25) is 0 Å². The second kappa shape index (κ2) is 7.86. The van der Waals surface area contributed by atoms with E-state index in [1.54, 1.807) is 12.1 Å². The van der Waals surface area contributed by atoms with Gasteiger partial charge >= 0.3 is 0 Å². The number of nitrogens with one attached hydrogen (secondary N) is 1. The van der Waals surface area contributed by atoms with Gasteiger partial charge in [-0.15, -0.1) is 0 Å². The predicted octanol–water partition coefficient (Wildman–Crippen LogP) is 3.63. The number of furan rings is 1. The maximum Gasteiger partial charge on any atom is 0.286 e. The van der Waals surface area contributed by atoms with E-state index >= 15 is 0 Å². The first-order chi connectivity index (χ1) is 11.3. The van der Waals surface area contributed by atoms with Crippen LogP contribution in [0.4, 0.5) is 5.69 Å². The number of piperidine rings is 1. The van der Waals surface area contributed by atoms with Crippen molar-refractivity contribution in [2.24, 2.45) is 0 Å². The van der Waals surface area contributed by atoms with Gasteiger partial charge in [0.25, 0.3) is 5.91 Å². The molecular formula is C19H24N2O2. The molecule has 122 valence electrons. The molecule has 2 heterocycles. The normalized spacial score (nSPS) is 14.7. The molecule has 1 aromatic heterocycles. The van der Waals surface area contributed by atoms with Crippen molar-refractivity contribution >= 4 is 11.6 Å². The van der Waals surface area contributed by atoms with Crippen LogP contribution in [0, 0.1) is 0 Å². The first-order valence-electron chi connectivity index (χ1n) is 8.48. The van der Waals surface area contributed by atoms with E-state index < -0.39 is 0 Å². The van der Waals surface area contributed by atoms with Gasteiger partial charge < -0.3 is 14.6 Å². The minimum atomic E-state index is -0.143. The summed E-state index contributed by atoms with van der Waals surface area (Å²) < 4.78 is 5.06. The third-order valence-electron chi connectivity index (χ3n) is 4.33. The number of hydrogen-bond acceptors (Lipinski definition) is 3. The van der Waals surface area contributed by atoms with Gasteiger partial charge in [-0.05, 0) is 61.9 Å². The average molecular weight is 312 g/mol. The standard InChI is InChI=1S/C19H24N2O2/c22-19(18-7-5-15-23-18)20-12-4-6-16-8-10-17(11-9-16)21-13-2-1-3-14-21/h5,7-11,15H,1-4,6,12-14H2,(H,20,22). The maximum atomic E-state index is 11.7. The number of nitrogens with zero attached hydrogens (tertiary/aromatic N) is 1. The summed E-state index contributed by atoms with van der Waals surface area (Å²) >= 11 is 0. The van der Waals surface area contributed by atoms with Gasteiger partial charge in [0, 0.05) is 25.3 Å². The van der Waals surface area contributed by atoms with Gasteiger partial charge in [-0.1, -0.05) is 12.1 Å². The van der Waals surface area contributed by atoms with Gasteiger partial charge in [-0.25, -0.2) is 0 Å². The van der Waals surface area contributed by atoms with E-state index in [0.29, 0.717) is 12.3 Å². The lowest BCUT2D eigenvalue weighted by Crippen LogP contribution is -2.29. The molecular weight excluding hydrogens is 288 g/mol. The molecule has 4 heteroatoms. The average Bonchev–Trinajstić information content (AvgIpc) is 3.15. The lowest BCUT2D eigenvalue weighted by atomic mass is 10.1. The summed E-state index contributed by atoms with van der Waals surface area (Å²) in [6, 6.07) is 12.3. The SMILES string of the molecule is O=C(NCCCc1ccc(N2CCCCC2)cc1)c1ccco1. The molecule has 0 unspecified atom stereocenters. The summed E-state index contributed by atoms with van der Waals surface area (Å²) in [5.74, 6) is 0.228. The monoisotopic (exact) mass is 312 g/mol. The van der Waals surface area contributed by atoms with Crippen LogP contribution >= 0.6 is 0 Å². The van der Waals surface area contributed by atoms with Gasteiger partial charge in [0.15, 0.2) is 5.76 Å². The van der Waals surface area contributed by atoms with Crippen LogP contribution in [-0.2, 0) is 6.42 Å². The Kier molecular flexibility index (Phi) is 5.35. The van der Waals surface area contributed by atoms with Crippen molar-refractivity contribution in [3.63, 3.8) is 0 Å². The minimum Gasteiger partial charge on any atom is -0.459 e. The number of aryl methyl sites for hydroxylation is 1. The summed E-state index contributed by atoms with van der Waals surface area (Å²) in [4.78, 5) is 14.2. The van der Waals surface area contributed by atoms with Gasteiger partial charge in [-0.3, -0.25) is 4.79 Å². The molecule has 0 atom stereocenters. The minimum absolute atomic E-state index is 0.143. The van der Waals surface area contributed by atoms with Crippen LogP contribution in [0.5, 0.6) is 0 Å². The Balaban J connectivity index is 1.41. The Morgan fingerprint density at radius 2 is 1.87 bits per heavy atom. The number of anilines is 1. The van der Waals surface area contributed by atoms with Crippen LogP contribution in [0.15, 0.2) is 47.1 Å². The highest BCUT2D eigenvalue weighted by Crippen LogP contribution is 2.20. The number of amides is 1. The molecule has 4 nitrogen and oxygen atoms in total. The number of benzene rings is 1. The fourth-order valence-electron chi connectivity index (χ4n) is 3.01. The van der Waals surface area contributed by atoms with Gasteiger partial charge in [0.2, 0.25) is 0 Å². The second-order valence-electron chi connectivity index (χ2n) is 6.05. The third kappa shape index (κ3) is 4.38. The van der Waals surface area contributed by atoms with Gasteiger partial charge in [0.1, 0.15) is 0 Å². The van der Waals surface area contributed by atoms with Crippen molar-refractivity contribution in [1.29, 1.82) is 0 Å². The Labute approximate surface area is 137 Å². The zero-order valence-corrected chi connectivity index (χ0v) is 13.5. The zero-order chi connectivity index (χ0) is 15.9. The first-order valence-corrected chi connectivity index (χ1v) is 8.48. The largest absolute Gasteiger partial charge is 0.459 e. The number of rotatable bonds is 6. The number of hydrogen-bond donors (Lipinski definition) is 1. The van der Waals surface area contributed by atoms with Crippen LogP contribution < -0.4 is 10.2 Å². The lowest BCUT2D eigenvalue weighted by molar-refractivity contribution is 0.0925. The van der Waals surface area contributed by atoms with Crippen molar-refractivity contribution in [1.82, 2.24) is 5.32 Å². The molecule has 1 aliphatic heterocycles. The van der Waals surface area contributed by atoms with Crippen molar-refractivity contribution in [3.05, 3.63) is 54.0 Å². The highest BCUT2D eigenvalue weighted by atomic mass is 16.3. The van der Waals surface area contributed by atoms with Crippen LogP contribution in [0.1, 0.15) is 41.8 Å². The molecule has 0 aliphatic carbocycles. The zero-order valence-electron chi connectivity index (χ0n) is 13.5. The van der Waals surface area contributed by atoms with E-state index in [1.165, 1.54) is 49.9 Å². The fraction of sp³-hybridized carbons (Fsp3) is 0.421. The summed E-state index contributed by atoms with van der Waals surface area (Å²) in [7, 11) is 0. The predicted molar refractivity (Wildman–Crippen MR) is 91.9 cm³/mol. The molecule has 2 aromatic rings. The number of carbonyl (C=O) groups is 1. The number of carbonyl (C=O) groups excluding carboxylic acids is 1. The first kappa shape index (κ1) is 15.7. The Morgan fingerprint density at radius 3 is 2.57 bits per heavy atom. The van der Waals surface area contributed by atoms with E-state index in [1.807, 2.05) is 0 Å². The molecule has 1 N–H and O–H groups in total. The quantitative estimate of drug-likeness (QED) is 0.828. The molecule has 1 aliphatic rings. The molecule has 23 heavy (non-hydrogen) atoms. The van der Waals surface area contributed by atoms with Crippen LogP contribution in [0.25, 0.3) is 0 Å². The summed E-state index contributed by atoms with van der Waals surface area (Å²) in [5.41, 5.74) is 2.65. The van der Waals surface area contributed by atoms with Gasteiger partial charge in [0.05, 0.1) is 6.26 Å². The summed E-state index contributed by atoms with van der Waals surface area (Å²) in [6.07, 6.45) is 7.37. The van der Waals surface area contributed by atoms with E-state index in [0.717, 1.165) is 12.8 Å². The van der Waals surface area contributed by atoms with E-state index in [4.69, 9.17) is 4.42 Å². The van der Waals surface area contributed by atoms with Crippen LogP contribution in [0.3, 0.4) is 0 Å². The van der Waals surface area contributed by atoms with Gasteiger partial charge in [-0.2, -0.15) is 0 Å². The van der Waals surface area contributed by atoms with E-state index in [2.05, 4.69) is 34.5 Å². The Bertz CT molecular complexity index is 599. The Morgan fingerprint density at radius 1 is 1.09 bits per heavy atom. The lowest BCUT2D eigenvalue weighted by Gasteiger charge is -2.28. The smallest absolute Gasteiger partial charge is 0.286 e. The fourth-order valence-corrected chi connectivity index (χ4v) is 3.01. The molecule has 0 spiro atoms. The van der Waals surface area contributed by atoms with E-state index in [-0.39, 0.29) is 5.91 Å². The summed E-state index contributed by atoms with van der Waals surface area (Å²) in [6.45, 7) is 3.02. The van der Waals surface area contributed by atoms with Crippen molar-refractivity contribution < 1.29 is 9.21 Å². The molecule has 1 fully saturated rings. The van der Waals surface area contributed by atoms with Crippen molar-refractivity contribution in [3.8, 4) is 0 Å². The molecule has 0 saturated carbocycles. The second-order valence-corrected chi connectivity index (χ2v) is 6.05. The van der Waals surface area contributed by atoms with Crippen LogP contribution in [-0.4, -0.2) is 25.5 Å². The highest BCUT2D eigenvalue weighted by Gasteiger charge is 2.10. The maximum absolute atomic E-state index is 11.7. The van der Waals surface area contributed by atoms with E-state index in [9.17, 15) is 4.79 Å². The third-order valence-corrected chi connectivity index (χ3v) is 4.33. The topological polar surface area (TPSA) is 45.5 Å².